The maximum Gasteiger partial charge on any atom is 0.573 e. The van der Waals surface area contributed by atoms with Gasteiger partial charge < -0.3 is 20.2 Å². The Morgan fingerprint density at radius 1 is 1.22 bits per heavy atom. The number of aromatic nitrogens is 2. The van der Waals surface area contributed by atoms with E-state index in [4.69, 9.17) is 0 Å². The van der Waals surface area contributed by atoms with Crippen LogP contribution >= 0.6 is 0 Å². The van der Waals surface area contributed by atoms with Crippen LogP contribution < -0.4 is 10.1 Å². The Hall–Kier alpha value is -3.71. The Bertz CT molecular complexity index is 893. The molecule has 2 aromatic rings. The van der Waals surface area contributed by atoms with Crippen LogP contribution in [0.2, 0.25) is 0 Å². The van der Waals surface area contributed by atoms with Crippen LogP contribution in [0.25, 0.3) is 0 Å². The van der Waals surface area contributed by atoms with Crippen molar-refractivity contribution in [3.05, 3.63) is 50.2 Å². The van der Waals surface area contributed by atoms with Gasteiger partial charge in [-0.25, -0.2) is 0 Å². The van der Waals surface area contributed by atoms with Crippen molar-refractivity contribution < 1.29 is 32.5 Å². The monoisotopic (exact) mass is 389 g/mol. The van der Waals surface area contributed by atoms with Gasteiger partial charge in [0.05, 0.1) is 10.0 Å². The highest BCUT2D eigenvalue weighted by atomic mass is 19.4. The molecule has 1 aromatic heterocycles. The first-order chi connectivity index (χ1) is 12.5. The summed E-state index contributed by atoms with van der Waals surface area (Å²) in [5.41, 5.74) is -0.916. The molecule has 0 fully saturated rings. The van der Waals surface area contributed by atoms with Crippen LogP contribution in [0.1, 0.15) is 5.69 Å². The lowest BCUT2D eigenvalue weighted by Gasteiger charge is -2.09. The average molecular weight is 389 g/mol. The van der Waals surface area contributed by atoms with Gasteiger partial charge in [0.15, 0.2) is 0 Å². The lowest BCUT2D eigenvalue weighted by molar-refractivity contribution is -0.424. The summed E-state index contributed by atoms with van der Waals surface area (Å²) in [6.45, 7) is 0.607. The van der Waals surface area contributed by atoms with Gasteiger partial charge >= 0.3 is 17.9 Å². The third-order valence-electron chi connectivity index (χ3n) is 3.18. The molecular formula is C13H10F3N5O6. The molecular weight excluding hydrogens is 379 g/mol. The molecule has 0 spiro atoms. The van der Waals surface area contributed by atoms with Crippen LogP contribution in [0.5, 0.6) is 5.75 Å². The number of alkyl halides is 3. The SMILES string of the molecule is Cc1c([N+](=O)[O-])c([N+](=O)[O-])nn1CC(=O)Nc1ccc(OC(F)(F)F)cc1. The first kappa shape index (κ1) is 19.6. The number of nitrogens with zero attached hydrogens (tertiary/aromatic N) is 4. The minimum Gasteiger partial charge on any atom is -0.406 e. The molecule has 0 aliphatic heterocycles. The zero-order valence-electron chi connectivity index (χ0n) is 13.4. The number of anilines is 1. The highest BCUT2D eigenvalue weighted by Gasteiger charge is 2.35. The second-order valence-corrected chi connectivity index (χ2v) is 5.05. The van der Waals surface area contributed by atoms with Crippen molar-refractivity contribution in [2.24, 2.45) is 0 Å². The number of ether oxygens (including phenoxy) is 1. The van der Waals surface area contributed by atoms with Crippen LogP contribution in [0.4, 0.5) is 30.4 Å². The minimum absolute atomic E-state index is 0.114. The van der Waals surface area contributed by atoms with Crippen molar-refractivity contribution in [3.8, 4) is 5.75 Å². The Labute approximate surface area is 147 Å². The second kappa shape index (κ2) is 7.27. The summed E-state index contributed by atoms with van der Waals surface area (Å²) in [6.07, 6.45) is -4.86. The van der Waals surface area contributed by atoms with Crippen LogP contribution in [0.15, 0.2) is 24.3 Å². The molecule has 0 aliphatic rings. The molecule has 0 unspecified atom stereocenters. The maximum atomic E-state index is 12.1. The zero-order chi connectivity index (χ0) is 20.4. The number of nitrogens with one attached hydrogen (secondary N) is 1. The fraction of sp³-hybridized carbons (Fsp3) is 0.231. The summed E-state index contributed by atoms with van der Waals surface area (Å²) in [5.74, 6) is -2.25. The highest BCUT2D eigenvalue weighted by Crippen LogP contribution is 2.29. The van der Waals surface area contributed by atoms with Gasteiger partial charge in [-0.05, 0) is 36.1 Å². The molecule has 11 nitrogen and oxygen atoms in total. The van der Waals surface area contributed by atoms with E-state index in [-0.39, 0.29) is 11.4 Å². The number of carbonyl (C=O) groups excluding carboxylic acids is 1. The number of nitro groups is 2. The molecule has 0 aliphatic carbocycles. The van der Waals surface area contributed by atoms with E-state index in [1.807, 2.05) is 0 Å². The first-order valence-corrected chi connectivity index (χ1v) is 7.00. The topological polar surface area (TPSA) is 142 Å². The molecule has 0 atom stereocenters. The van der Waals surface area contributed by atoms with E-state index in [9.17, 15) is 38.2 Å². The van der Waals surface area contributed by atoms with E-state index in [1.165, 1.54) is 6.92 Å². The zero-order valence-corrected chi connectivity index (χ0v) is 13.4. The standard InChI is InChI=1S/C13H10F3N5O6/c1-7-11(20(23)24)12(21(25)26)18-19(7)6-10(22)17-8-2-4-9(5-3-8)27-13(14,15)16/h2-5H,6H2,1H3,(H,17,22). The largest absolute Gasteiger partial charge is 0.573 e. The molecule has 1 N–H and O–H groups in total. The quantitative estimate of drug-likeness (QED) is 0.591. The molecule has 2 rings (SSSR count). The normalized spacial score (nSPS) is 11.1. The van der Waals surface area contributed by atoms with Crippen molar-refractivity contribution in [2.75, 3.05) is 5.32 Å². The molecule has 0 radical (unpaired) electrons. The Morgan fingerprint density at radius 3 is 2.26 bits per heavy atom. The maximum absolute atomic E-state index is 12.1. The lowest BCUT2D eigenvalue weighted by Crippen LogP contribution is -2.20. The predicted molar refractivity (Wildman–Crippen MR) is 82.0 cm³/mol. The van der Waals surface area contributed by atoms with Crippen molar-refractivity contribution in [1.29, 1.82) is 0 Å². The second-order valence-electron chi connectivity index (χ2n) is 5.05. The number of rotatable bonds is 6. The summed E-state index contributed by atoms with van der Waals surface area (Å²) in [5, 5.41) is 27.5. The molecule has 27 heavy (non-hydrogen) atoms. The molecule has 144 valence electrons. The molecule has 1 heterocycles. The van der Waals surface area contributed by atoms with Crippen molar-refractivity contribution in [3.63, 3.8) is 0 Å². The summed E-state index contributed by atoms with van der Waals surface area (Å²) in [6, 6.07) is 4.22. The third kappa shape index (κ3) is 4.90. The van der Waals surface area contributed by atoms with E-state index in [1.54, 1.807) is 0 Å². The van der Waals surface area contributed by atoms with E-state index < -0.39 is 45.9 Å². The van der Waals surface area contributed by atoms with E-state index in [0.29, 0.717) is 0 Å². The molecule has 0 bridgehead atoms. The van der Waals surface area contributed by atoms with Gasteiger partial charge in [0.1, 0.15) is 18.0 Å². The van der Waals surface area contributed by atoms with Gasteiger partial charge in [-0.2, -0.15) is 4.68 Å². The Kier molecular flexibility index (Phi) is 5.28. The number of benzene rings is 1. The van der Waals surface area contributed by atoms with Crippen molar-refractivity contribution in [1.82, 2.24) is 9.78 Å². The molecule has 14 heteroatoms. The fourth-order valence-electron chi connectivity index (χ4n) is 2.09. The minimum atomic E-state index is -4.86. The number of hydrogen-bond donors (Lipinski definition) is 1. The van der Waals surface area contributed by atoms with Crippen LogP contribution in [-0.2, 0) is 11.3 Å². The number of halogens is 3. The van der Waals surface area contributed by atoms with Crippen LogP contribution in [-0.4, -0.2) is 31.9 Å². The number of carbonyl (C=O) groups is 1. The lowest BCUT2D eigenvalue weighted by atomic mass is 10.3. The third-order valence-corrected chi connectivity index (χ3v) is 3.18. The smallest absolute Gasteiger partial charge is 0.406 e. The Balaban J connectivity index is 2.11. The van der Waals surface area contributed by atoms with Gasteiger partial charge in [0.2, 0.25) is 5.91 Å². The van der Waals surface area contributed by atoms with E-state index in [0.717, 1.165) is 28.9 Å². The van der Waals surface area contributed by atoms with Crippen LogP contribution in [0.3, 0.4) is 0 Å². The molecule has 0 saturated carbocycles. The highest BCUT2D eigenvalue weighted by molar-refractivity contribution is 5.90. The van der Waals surface area contributed by atoms with Gasteiger partial charge in [-0.3, -0.25) is 14.9 Å². The van der Waals surface area contributed by atoms with Gasteiger partial charge in [0, 0.05) is 5.69 Å². The Morgan fingerprint density at radius 2 is 1.81 bits per heavy atom. The summed E-state index contributed by atoms with van der Waals surface area (Å²) in [7, 11) is 0. The van der Waals surface area contributed by atoms with E-state index >= 15 is 0 Å². The fourth-order valence-corrected chi connectivity index (χ4v) is 2.09. The van der Waals surface area contributed by atoms with Crippen LogP contribution in [0, 0.1) is 27.2 Å². The summed E-state index contributed by atoms with van der Waals surface area (Å²) < 4.78 is 40.7. The molecule has 0 saturated heterocycles. The average Bonchev–Trinajstić information content (AvgIpc) is 2.85. The van der Waals surface area contributed by atoms with Crippen molar-refractivity contribution >= 4 is 23.1 Å². The number of amides is 1. The molecule has 1 amide bonds. The first-order valence-electron chi connectivity index (χ1n) is 7.00. The van der Waals surface area contributed by atoms with Crippen molar-refractivity contribution in [2.45, 2.75) is 19.8 Å². The van der Waals surface area contributed by atoms with E-state index in [2.05, 4.69) is 15.2 Å². The summed E-state index contributed by atoms with van der Waals surface area (Å²) in [4.78, 5) is 31.7. The number of hydrogen-bond acceptors (Lipinski definition) is 7. The van der Waals surface area contributed by atoms with Gasteiger partial charge in [0.25, 0.3) is 0 Å². The predicted octanol–water partition coefficient (Wildman–Crippen LogP) is 2.55. The van der Waals surface area contributed by atoms with Gasteiger partial charge in [-0.15, -0.1) is 13.2 Å². The van der Waals surface area contributed by atoms with Gasteiger partial charge in [-0.1, -0.05) is 0 Å². The molecule has 1 aromatic carbocycles. The summed E-state index contributed by atoms with van der Waals surface area (Å²) >= 11 is 0.